The van der Waals surface area contributed by atoms with Crippen molar-refractivity contribution in [3.63, 3.8) is 0 Å². The minimum Gasteiger partial charge on any atom is -0.364 e. The van der Waals surface area contributed by atoms with Crippen LogP contribution in [0.15, 0.2) is 23.1 Å². The van der Waals surface area contributed by atoms with E-state index in [1.807, 2.05) is 0 Å². The summed E-state index contributed by atoms with van der Waals surface area (Å²) in [6, 6.07) is 3.34. The summed E-state index contributed by atoms with van der Waals surface area (Å²) in [6.45, 7) is 6.82. The maximum absolute atomic E-state index is 12.5. The highest BCUT2D eigenvalue weighted by Crippen LogP contribution is 2.45. The molecule has 23 heavy (non-hydrogen) atoms. The van der Waals surface area contributed by atoms with Gasteiger partial charge in [0.25, 0.3) is 5.91 Å². The number of pyridine rings is 2. The molecule has 0 bridgehead atoms. The van der Waals surface area contributed by atoms with E-state index in [-0.39, 0.29) is 21.9 Å². The van der Waals surface area contributed by atoms with Gasteiger partial charge >= 0.3 is 0 Å². The van der Waals surface area contributed by atoms with Crippen LogP contribution in [0.3, 0.4) is 0 Å². The average molecular weight is 313 g/mol. The summed E-state index contributed by atoms with van der Waals surface area (Å²) in [7, 11) is 0. The van der Waals surface area contributed by atoms with Crippen LogP contribution in [-0.4, -0.2) is 15.9 Å². The summed E-state index contributed by atoms with van der Waals surface area (Å²) in [5, 5.41) is 0.286. The Morgan fingerprint density at radius 1 is 1.35 bits per heavy atom. The molecule has 0 aromatic carbocycles. The number of nitrogens with zero attached hydrogens (tertiary/aromatic N) is 1. The Kier molecular flexibility index (Phi) is 3.74. The molecule has 0 aliphatic heterocycles. The lowest BCUT2D eigenvalue weighted by atomic mass is 9.79. The van der Waals surface area contributed by atoms with Crippen molar-refractivity contribution in [3.8, 4) is 0 Å². The van der Waals surface area contributed by atoms with Gasteiger partial charge in [0.1, 0.15) is 5.69 Å². The van der Waals surface area contributed by atoms with Crippen LogP contribution in [0.2, 0.25) is 0 Å². The fourth-order valence-electron chi connectivity index (χ4n) is 3.68. The van der Waals surface area contributed by atoms with Gasteiger partial charge in [0.2, 0.25) is 0 Å². The second kappa shape index (κ2) is 5.48. The molecule has 1 aliphatic rings. The van der Waals surface area contributed by atoms with Gasteiger partial charge in [-0.1, -0.05) is 20.8 Å². The topological polar surface area (TPSA) is 88.8 Å². The molecule has 5 heteroatoms. The van der Waals surface area contributed by atoms with E-state index in [9.17, 15) is 9.59 Å². The van der Waals surface area contributed by atoms with Gasteiger partial charge in [0.05, 0.1) is 10.9 Å². The van der Waals surface area contributed by atoms with E-state index < -0.39 is 5.91 Å². The van der Waals surface area contributed by atoms with Crippen molar-refractivity contribution < 1.29 is 4.79 Å². The first-order valence-corrected chi connectivity index (χ1v) is 8.09. The first kappa shape index (κ1) is 15.7. The predicted molar refractivity (Wildman–Crippen MR) is 90.4 cm³/mol. The Labute approximate surface area is 135 Å². The van der Waals surface area contributed by atoms with Gasteiger partial charge in [-0.25, -0.2) is 0 Å². The third-order valence-electron chi connectivity index (χ3n) is 5.09. The van der Waals surface area contributed by atoms with Crippen molar-refractivity contribution in [3.05, 3.63) is 39.9 Å². The molecule has 2 atom stereocenters. The largest absolute Gasteiger partial charge is 0.364 e. The van der Waals surface area contributed by atoms with E-state index in [0.29, 0.717) is 17.4 Å². The van der Waals surface area contributed by atoms with Crippen LogP contribution in [0.4, 0.5) is 0 Å². The first-order valence-electron chi connectivity index (χ1n) is 8.09. The number of aromatic nitrogens is 2. The highest BCUT2D eigenvalue weighted by atomic mass is 16.1. The van der Waals surface area contributed by atoms with E-state index in [4.69, 9.17) is 5.73 Å². The maximum atomic E-state index is 12.5. The number of carbonyl (C=O) groups is 1. The minimum atomic E-state index is -0.678. The van der Waals surface area contributed by atoms with Crippen molar-refractivity contribution >= 4 is 16.8 Å². The maximum Gasteiger partial charge on any atom is 0.268 e. The number of aromatic amines is 1. The Balaban J connectivity index is 2.02. The molecule has 1 saturated carbocycles. The molecule has 5 nitrogen and oxygen atoms in total. The Bertz CT molecular complexity index is 817. The third kappa shape index (κ3) is 2.87. The highest BCUT2D eigenvalue weighted by molar-refractivity contribution is 6.03. The summed E-state index contributed by atoms with van der Waals surface area (Å²) in [5.74, 6) is 0.342. The molecule has 0 radical (unpaired) electrons. The smallest absolute Gasteiger partial charge is 0.268 e. The summed E-state index contributed by atoms with van der Waals surface area (Å²) >= 11 is 0. The van der Waals surface area contributed by atoms with Crippen LogP contribution in [0.25, 0.3) is 10.9 Å². The zero-order valence-electron chi connectivity index (χ0n) is 13.8. The summed E-state index contributed by atoms with van der Waals surface area (Å²) in [5.41, 5.74) is 7.05. The number of nitrogens with one attached hydrogen (secondary N) is 1. The lowest BCUT2D eigenvalue weighted by Gasteiger charge is -2.27. The lowest BCUT2D eigenvalue weighted by molar-refractivity contribution is 0.0997. The molecule has 2 aromatic heterocycles. The fourth-order valence-corrected chi connectivity index (χ4v) is 3.68. The molecule has 2 unspecified atom stereocenters. The van der Waals surface area contributed by atoms with Gasteiger partial charge in [-0.3, -0.25) is 14.6 Å². The van der Waals surface area contributed by atoms with Crippen molar-refractivity contribution in [2.24, 2.45) is 17.1 Å². The van der Waals surface area contributed by atoms with E-state index in [1.54, 1.807) is 12.1 Å². The lowest BCUT2D eigenvalue weighted by Crippen LogP contribution is -2.19. The first-order chi connectivity index (χ1) is 10.8. The average Bonchev–Trinajstić information content (AvgIpc) is 2.96. The number of fused-ring (bicyclic) bond motifs is 1. The molecule has 1 fully saturated rings. The van der Waals surface area contributed by atoms with Gasteiger partial charge in [-0.15, -0.1) is 0 Å². The number of hydrogen-bond donors (Lipinski definition) is 2. The second-order valence-corrected chi connectivity index (χ2v) is 7.61. The number of rotatable bonds is 2. The monoisotopic (exact) mass is 313 g/mol. The summed E-state index contributed by atoms with van der Waals surface area (Å²) in [4.78, 5) is 31.2. The van der Waals surface area contributed by atoms with E-state index >= 15 is 0 Å². The standard InChI is InChI=1S/C18H23N3O2/c1-18(2,3)11-5-4-10(8-11)13-9-14(22)15-12(21-13)6-7-20-16(15)17(19)23/h6-7,9-11H,4-5,8H2,1-3H3,(H2,19,23)(H,21,22). The van der Waals surface area contributed by atoms with E-state index in [2.05, 4.69) is 30.7 Å². The Morgan fingerprint density at radius 2 is 2.09 bits per heavy atom. The molecule has 122 valence electrons. The number of carbonyl (C=O) groups excluding carboxylic acids is 1. The number of H-pyrrole nitrogens is 1. The van der Waals surface area contributed by atoms with Gasteiger partial charge in [0, 0.05) is 18.0 Å². The van der Waals surface area contributed by atoms with Crippen molar-refractivity contribution in [2.45, 2.75) is 46.0 Å². The van der Waals surface area contributed by atoms with Crippen LogP contribution in [-0.2, 0) is 0 Å². The SMILES string of the molecule is CC(C)(C)C1CCC(c2cc(=O)c3c(C(N)=O)nccc3[nH]2)C1. The zero-order chi connectivity index (χ0) is 16.8. The highest BCUT2D eigenvalue weighted by Gasteiger charge is 2.34. The van der Waals surface area contributed by atoms with Crippen LogP contribution in [0.5, 0.6) is 0 Å². The van der Waals surface area contributed by atoms with Crippen molar-refractivity contribution in [1.29, 1.82) is 0 Å². The van der Waals surface area contributed by atoms with Gasteiger partial charge in [-0.2, -0.15) is 0 Å². The molecule has 1 aliphatic carbocycles. The number of primary amides is 1. The molecule has 0 saturated heterocycles. The van der Waals surface area contributed by atoms with Gasteiger partial charge in [-0.05, 0) is 42.6 Å². The molecule has 1 amide bonds. The molecule has 0 spiro atoms. The summed E-state index contributed by atoms with van der Waals surface area (Å²) in [6.07, 6.45) is 4.85. The fraction of sp³-hybridized carbons (Fsp3) is 0.500. The molecule has 3 rings (SSSR count). The number of amides is 1. The summed E-state index contributed by atoms with van der Waals surface area (Å²) < 4.78 is 0. The predicted octanol–water partition coefficient (Wildman–Crippen LogP) is 2.95. The molecule has 3 N–H and O–H groups in total. The Morgan fingerprint density at radius 3 is 2.70 bits per heavy atom. The molecule has 2 aromatic rings. The quantitative estimate of drug-likeness (QED) is 0.893. The van der Waals surface area contributed by atoms with Crippen molar-refractivity contribution in [1.82, 2.24) is 9.97 Å². The van der Waals surface area contributed by atoms with Crippen LogP contribution in [0.1, 0.15) is 62.1 Å². The normalized spacial score (nSPS) is 21.7. The minimum absolute atomic E-state index is 0.0364. The molecular formula is C18H23N3O2. The zero-order valence-corrected chi connectivity index (χ0v) is 13.8. The third-order valence-corrected chi connectivity index (χ3v) is 5.09. The van der Waals surface area contributed by atoms with Crippen LogP contribution in [0, 0.1) is 11.3 Å². The van der Waals surface area contributed by atoms with Crippen LogP contribution >= 0.6 is 0 Å². The molecular weight excluding hydrogens is 290 g/mol. The van der Waals surface area contributed by atoms with E-state index in [1.165, 1.54) is 12.6 Å². The Hall–Kier alpha value is -2.17. The number of hydrogen-bond acceptors (Lipinski definition) is 3. The molecule has 2 heterocycles. The van der Waals surface area contributed by atoms with Crippen LogP contribution < -0.4 is 11.2 Å². The second-order valence-electron chi connectivity index (χ2n) is 7.61. The van der Waals surface area contributed by atoms with Gasteiger partial charge < -0.3 is 10.7 Å². The number of nitrogens with two attached hydrogens (primary N) is 1. The van der Waals surface area contributed by atoms with E-state index in [0.717, 1.165) is 18.5 Å². The van der Waals surface area contributed by atoms with Crippen molar-refractivity contribution in [2.75, 3.05) is 0 Å². The van der Waals surface area contributed by atoms with Gasteiger partial charge in [0.15, 0.2) is 5.43 Å².